The van der Waals surface area contributed by atoms with Crippen LogP contribution in [0.5, 0.6) is 11.5 Å². The Morgan fingerprint density at radius 2 is 1.85 bits per heavy atom. The summed E-state index contributed by atoms with van der Waals surface area (Å²) >= 11 is 0. The number of ether oxygens (including phenoxy) is 3. The number of hydrogen-bond donors (Lipinski definition) is 1. The Morgan fingerprint density at radius 1 is 1.15 bits per heavy atom. The van der Waals surface area contributed by atoms with Crippen LogP contribution in [0.15, 0.2) is 42.5 Å². The Hall–Kier alpha value is -4.23. The van der Waals surface area contributed by atoms with Crippen LogP contribution >= 0.6 is 0 Å². The number of alkyl halides is 5. The molecule has 9 nitrogen and oxygen atoms in total. The molecule has 0 saturated heterocycles. The van der Waals surface area contributed by atoms with Crippen molar-refractivity contribution in [3.63, 3.8) is 0 Å². The topological polar surface area (TPSA) is 117 Å². The van der Waals surface area contributed by atoms with Crippen molar-refractivity contribution in [3.8, 4) is 11.5 Å². The summed E-state index contributed by atoms with van der Waals surface area (Å²) in [7, 11) is 1.21. The second kappa shape index (κ2) is 11.1. The summed E-state index contributed by atoms with van der Waals surface area (Å²) in [4.78, 5) is 33.3. The second-order valence-electron chi connectivity index (χ2n) is 6.26. The van der Waals surface area contributed by atoms with Gasteiger partial charge >= 0.3 is 18.8 Å². The first kappa shape index (κ1) is 26.0. The van der Waals surface area contributed by atoms with Gasteiger partial charge in [-0.05, 0) is 29.8 Å². The fraction of sp³-hybridized carbons (Fsp3) is 0.200. The molecular weight excluding hydrogens is 475 g/mol. The molecule has 0 bridgehead atoms. The summed E-state index contributed by atoms with van der Waals surface area (Å²) in [6, 6.07) is 5.51. The zero-order chi connectivity index (χ0) is 25.5. The Bertz CT molecular complexity index is 1100. The van der Waals surface area contributed by atoms with E-state index in [1.165, 1.54) is 31.4 Å². The van der Waals surface area contributed by atoms with E-state index in [0.717, 1.165) is 12.1 Å². The maximum Gasteiger partial charge on any atom is 0.418 e. The van der Waals surface area contributed by atoms with Crippen molar-refractivity contribution in [2.24, 2.45) is 0 Å². The fourth-order valence-electron chi connectivity index (χ4n) is 2.51. The van der Waals surface area contributed by atoms with Gasteiger partial charge in [0.25, 0.3) is 11.6 Å². The number of nitrogens with zero attached hydrogens (tertiary/aromatic N) is 1. The molecule has 0 aliphatic rings. The highest BCUT2D eigenvalue weighted by molar-refractivity contribution is 5.95. The van der Waals surface area contributed by atoms with Crippen LogP contribution in [0.4, 0.5) is 33.3 Å². The summed E-state index contributed by atoms with van der Waals surface area (Å²) in [6.45, 7) is -4.03. The number of esters is 1. The lowest BCUT2D eigenvalue weighted by Crippen LogP contribution is -2.22. The molecule has 0 atom stereocenters. The van der Waals surface area contributed by atoms with Crippen molar-refractivity contribution in [2.75, 3.05) is 19.0 Å². The highest BCUT2D eigenvalue weighted by Crippen LogP contribution is 2.37. The molecule has 2 aromatic carbocycles. The van der Waals surface area contributed by atoms with Crippen molar-refractivity contribution >= 4 is 29.3 Å². The normalized spacial score (nSPS) is 11.4. The smallest absolute Gasteiger partial charge is 0.418 e. The zero-order valence-electron chi connectivity index (χ0n) is 17.1. The number of methoxy groups -OCH3 is 1. The van der Waals surface area contributed by atoms with Crippen molar-refractivity contribution in [2.45, 2.75) is 12.8 Å². The number of hydrogen-bond acceptors (Lipinski definition) is 7. The zero-order valence-corrected chi connectivity index (χ0v) is 17.1. The summed E-state index contributed by atoms with van der Waals surface area (Å²) in [5, 5.41) is 12.6. The van der Waals surface area contributed by atoms with Crippen molar-refractivity contribution in [1.29, 1.82) is 0 Å². The molecule has 0 spiro atoms. The number of amides is 1. The Morgan fingerprint density at radius 3 is 2.44 bits per heavy atom. The molecule has 0 saturated carbocycles. The van der Waals surface area contributed by atoms with Gasteiger partial charge in [-0.25, -0.2) is 4.79 Å². The Labute approximate surface area is 187 Å². The van der Waals surface area contributed by atoms with E-state index in [1.807, 2.05) is 5.32 Å². The minimum absolute atomic E-state index is 0.0428. The molecule has 2 rings (SSSR count). The van der Waals surface area contributed by atoms with Gasteiger partial charge in [-0.3, -0.25) is 14.9 Å². The lowest BCUT2D eigenvalue weighted by atomic mass is 10.1. The van der Waals surface area contributed by atoms with Crippen molar-refractivity contribution in [3.05, 3.63) is 63.7 Å². The van der Waals surface area contributed by atoms with E-state index in [-0.39, 0.29) is 17.6 Å². The van der Waals surface area contributed by atoms with Gasteiger partial charge in [-0.1, -0.05) is 6.07 Å². The quantitative estimate of drug-likeness (QED) is 0.182. The van der Waals surface area contributed by atoms with Gasteiger partial charge in [0.1, 0.15) is 0 Å². The summed E-state index contributed by atoms with van der Waals surface area (Å²) in [5.41, 5.74) is -2.71. The molecule has 0 aliphatic carbocycles. The first-order valence-electron chi connectivity index (χ1n) is 9.04. The van der Waals surface area contributed by atoms with E-state index in [2.05, 4.69) is 9.47 Å². The van der Waals surface area contributed by atoms with Gasteiger partial charge in [-0.15, -0.1) is 0 Å². The highest BCUT2D eigenvalue weighted by Gasteiger charge is 2.35. The number of carbonyl (C=O) groups excluding carboxylic acids is 2. The predicted octanol–water partition coefficient (Wildman–Crippen LogP) is 4.42. The van der Waals surface area contributed by atoms with E-state index < -0.39 is 53.1 Å². The van der Waals surface area contributed by atoms with E-state index in [1.54, 1.807) is 0 Å². The van der Waals surface area contributed by atoms with Gasteiger partial charge in [0, 0.05) is 18.2 Å². The number of nitro benzene ring substituents is 1. The molecule has 1 N–H and O–H groups in total. The number of rotatable bonds is 9. The molecule has 0 unspecified atom stereocenters. The average Bonchev–Trinajstić information content (AvgIpc) is 2.76. The molecule has 34 heavy (non-hydrogen) atoms. The molecule has 14 heteroatoms. The van der Waals surface area contributed by atoms with Gasteiger partial charge in [-0.2, -0.15) is 22.0 Å². The van der Waals surface area contributed by atoms with E-state index in [4.69, 9.17) is 4.74 Å². The lowest BCUT2D eigenvalue weighted by molar-refractivity contribution is -0.385. The van der Waals surface area contributed by atoms with Crippen LogP contribution in [-0.2, 0) is 20.5 Å². The number of halogens is 5. The summed E-state index contributed by atoms with van der Waals surface area (Å²) in [5.74, 6) is -2.45. The number of nitrogens with one attached hydrogen (secondary N) is 1. The number of carbonyl (C=O) groups is 2. The summed E-state index contributed by atoms with van der Waals surface area (Å²) < 4.78 is 77.9. The first-order chi connectivity index (χ1) is 15.9. The number of non-ortho nitro benzene ring substituents is 1. The SMILES string of the molecule is COc1cc(/C=C/C(=O)OCC(=O)Nc2ccc([N+](=O)[O-])cc2C(F)(F)F)ccc1OC(F)F. The number of anilines is 1. The Kier molecular flexibility index (Phi) is 8.47. The van der Waals surface area contributed by atoms with Crippen LogP contribution in [0.25, 0.3) is 6.08 Å². The third-order valence-electron chi connectivity index (χ3n) is 3.95. The van der Waals surface area contributed by atoms with Gasteiger partial charge < -0.3 is 19.5 Å². The largest absolute Gasteiger partial charge is 0.493 e. The second-order valence-corrected chi connectivity index (χ2v) is 6.26. The van der Waals surface area contributed by atoms with Crippen molar-refractivity contribution in [1.82, 2.24) is 0 Å². The maximum absolute atomic E-state index is 13.1. The standard InChI is InChI=1S/C20H15F5N2O7/c1-32-16-8-11(2-6-15(16)34-19(21)22)3-7-18(29)33-10-17(28)26-14-5-4-12(27(30)31)9-13(14)20(23,24)25/h2-9,19H,10H2,1H3,(H,26,28)/b7-3+. The molecule has 0 fully saturated rings. The predicted molar refractivity (Wildman–Crippen MR) is 106 cm³/mol. The number of nitro groups is 1. The van der Waals surface area contributed by atoms with Gasteiger partial charge in [0.05, 0.1) is 23.3 Å². The van der Waals surface area contributed by atoms with Gasteiger partial charge in [0.15, 0.2) is 18.1 Å². The summed E-state index contributed by atoms with van der Waals surface area (Å²) in [6.07, 6.45) is -2.92. The lowest BCUT2D eigenvalue weighted by Gasteiger charge is -2.13. The number of benzene rings is 2. The maximum atomic E-state index is 13.1. The average molecular weight is 490 g/mol. The van der Waals surface area contributed by atoms with Crippen LogP contribution in [0.1, 0.15) is 11.1 Å². The molecule has 0 heterocycles. The van der Waals surface area contributed by atoms with Crippen LogP contribution in [0, 0.1) is 10.1 Å². The van der Waals surface area contributed by atoms with Crippen LogP contribution < -0.4 is 14.8 Å². The monoisotopic (exact) mass is 490 g/mol. The molecule has 0 aromatic heterocycles. The van der Waals surface area contributed by atoms with E-state index in [9.17, 15) is 41.7 Å². The minimum atomic E-state index is -5.00. The molecule has 182 valence electrons. The molecule has 0 radical (unpaired) electrons. The minimum Gasteiger partial charge on any atom is -0.493 e. The third-order valence-corrected chi connectivity index (χ3v) is 3.95. The third kappa shape index (κ3) is 7.43. The van der Waals surface area contributed by atoms with Gasteiger partial charge in [0.2, 0.25) is 0 Å². The molecular formula is C20H15F5N2O7. The van der Waals surface area contributed by atoms with Crippen molar-refractivity contribution < 1.29 is 50.7 Å². The highest BCUT2D eigenvalue weighted by atomic mass is 19.4. The Balaban J connectivity index is 2.00. The first-order valence-corrected chi connectivity index (χ1v) is 9.04. The molecule has 1 amide bonds. The fourth-order valence-corrected chi connectivity index (χ4v) is 2.51. The van der Waals surface area contributed by atoms with Crippen LogP contribution in [-0.4, -0.2) is 37.1 Å². The van der Waals surface area contributed by atoms with Crippen LogP contribution in [0.2, 0.25) is 0 Å². The molecule has 0 aliphatic heterocycles. The van der Waals surface area contributed by atoms with E-state index >= 15 is 0 Å². The van der Waals surface area contributed by atoms with Crippen LogP contribution in [0.3, 0.4) is 0 Å². The molecule has 2 aromatic rings. The van der Waals surface area contributed by atoms with E-state index in [0.29, 0.717) is 11.6 Å².